The normalized spacial score (nSPS) is 13.0. The van der Waals surface area contributed by atoms with E-state index in [-0.39, 0.29) is 5.38 Å². The summed E-state index contributed by atoms with van der Waals surface area (Å²) in [6.07, 6.45) is 1.57. The third-order valence-electron chi connectivity index (χ3n) is 1.79. The fourth-order valence-corrected chi connectivity index (χ4v) is 2.04. The first kappa shape index (κ1) is 9.68. The van der Waals surface area contributed by atoms with Gasteiger partial charge in [-0.2, -0.15) is 0 Å². The lowest BCUT2D eigenvalue weighted by atomic mass is 10.4. The molecule has 2 aromatic heterocycles. The summed E-state index contributed by atoms with van der Waals surface area (Å²) in [7, 11) is 0. The Kier molecular flexibility index (Phi) is 2.84. The van der Waals surface area contributed by atoms with Crippen molar-refractivity contribution in [1.82, 2.24) is 9.97 Å². The molecule has 0 aliphatic carbocycles. The Morgan fingerprint density at radius 2 is 2.43 bits per heavy atom. The second-order valence-corrected chi connectivity index (χ2v) is 4.68. The van der Waals surface area contributed by atoms with Gasteiger partial charge in [0, 0.05) is 11.9 Å². The number of anilines is 1. The van der Waals surface area contributed by atoms with Crippen molar-refractivity contribution in [3.05, 3.63) is 17.8 Å². The van der Waals surface area contributed by atoms with Gasteiger partial charge in [-0.3, -0.25) is 0 Å². The van der Waals surface area contributed by atoms with Crippen molar-refractivity contribution in [3.63, 3.8) is 0 Å². The highest BCUT2D eigenvalue weighted by atomic mass is 35.5. The maximum absolute atomic E-state index is 5.85. The van der Waals surface area contributed by atoms with E-state index in [1.165, 1.54) is 0 Å². The molecule has 0 amide bonds. The molecule has 0 saturated carbocycles. The summed E-state index contributed by atoms with van der Waals surface area (Å²) >= 11 is 7.49. The van der Waals surface area contributed by atoms with E-state index in [0.29, 0.717) is 6.54 Å². The van der Waals surface area contributed by atoms with Gasteiger partial charge in [0.05, 0.1) is 10.2 Å². The molecule has 2 heterocycles. The molecule has 0 radical (unpaired) electrons. The molecule has 1 atom stereocenters. The smallest absolute Gasteiger partial charge is 0.147 e. The Hall–Kier alpha value is -0.870. The molecule has 2 rings (SSSR count). The number of nitrogens with zero attached hydrogens (tertiary/aromatic N) is 2. The SMILES string of the molecule is CC(Cl)CNc1ncnc2ccsc12. The summed E-state index contributed by atoms with van der Waals surface area (Å²) in [6.45, 7) is 2.66. The number of thiophene rings is 1. The van der Waals surface area contributed by atoms with Crippen molar-refractivity contribution in [3.8, 4) is 0 Å². The van der Waals surface area contributed by atoms with E-state index in [1.807, 2.05) is 18.4 Å². The molecule has 0 spiro atoms. The molecule has 0 aliphatic rings. The average Bonchev–Trinajstić information content (AvgIpc) is 2.62. The Labute approximate surface area is 91.1 Å². The van der Waals surface area contributed by atoms with Crippen LogP contribution in [0, 0.1) is 0 Å². The highest BCUT2D eigenvalue weighted by Gasteiger charge is 2.04. The Morgan fingerprint density at radius 1 is 1.57 bits per heavy atom. The zero-order valence-electron chi connectivity index (χ0n) is 7.70. The summed E-state index contributed by atoms with van der Waals surface area (Å²) in [4.78, 5) is 8.34. The van der Waals surface area contributed by atoms with Crippen LogP contribution in [0.15, 0.2) is 17.8 Å². The van der Waals surface area contributed by atoms with Crippen molar-refractivity contribution >= 4 is 39.0 Å². The zero-order valence-corrected chi connectivity index (χ0v) is 9.27. The topological polar surface area (TPSA) is 37.8 Å². The van der Waals surface area contributed by atoms with Crippen molar-refractivity contribution in [2.24, 2.45) is 0 Å². The van der Waals surface area contributed by atoms with Crippen LogP contribution in [0.2, 0.25) is 0 Å². The third-order valence-corrected chi connectivity index (χ3v) is 2.86. The molecule has 1 unspecified atom stereocenters. The maximum atomic E-state index is 5.85. The Morgan fingerprint density at radius 3 is 3.21 bits per heavy atom. The molecule has 2 aromatic rings. The quantitative estimate of drug-likeness (QED) is 0.820. The highest BCUT2D eigenvalue weighted by Crippen LogP contribution is 2.24. The first-order valence-electron chi connectivity index (χ1n) is 4.33. The molecular weight excluding hydrogens is 218 g/mol. The van der Waals surface area contributed by atoms with Gasteiger partial charge in [-0.1, -0.05) is 0 Å². The lowest BCUT2D eigenvalue weighted by Crippen LogP contribution is -2.11. The number of halogens is 1. The van der Waals surface area contributed by atoms with E-state index in [4.69, 9.17) is 11.6 Å². The zero-order chi connectivity index (χ0) is 9.97. The predicted molar refractivity (Wildman–Crippen MR) is 61.2 cm³/mol. The van der Waals surface area contributed by atoms with Gasteiger partial charge in [0.15, 0.2) is 0 Å². The second kappa shape index (κ2) is 4.11. The van der Waals surface area contributed by atoms with Gasteiger partial charge in [0.1, 0.15) is 12.1 Å². The molecular formula is C9H10ClN3S. The maximum Gasteiger partial charge on any atom is 0.147 e. The van der Waals surface area contributed by atoms with Gasteiger partial charge in [0.2, 0.25) is 0 Å². The average molecular weight is 228 g/mol. The molecule has 0 fully saturated rings. The largest absolute Gasteiger partial charge is 0.367 e. The number of hydrogen-bond acceptors (Lipinski definition) is 4. The second-order valence-electron chi connectivity index (χ2n) is 3.02. The van der Waals surface area contributed by atoms with Crippen LogP contribution in [0.1, 0.15) is 6.92 Å². The molecule has 3 nitrogen and oxygen atoms in total. The van der Waals surface area contributed by atoms with Gasteiger partial charge < -0.3 is 5.32 Å². The first-order chi connectivity index (χ1) is 6.77. The van der Waals surface area contributed by atoms with E-state index in [9.17, 15) is 0 Å². The summed E-state index contributed by atoms with van der Waals surface area (Å²) in [5.74, 6) is 0.873. The van der Waals surface area contributed by atoms with Crippen molar-refractivity contribution in [1.29, 1.82) is 0 Å². The first-order valence-corrected chi connectivity index (χ1v) is 5.65. The van der Waals surface area contributed by atoms with Crippen LogP contribution in [0.25, 0.3) is 10.2 Å². The van der Waals surface area contributed by atoms with Crippen LogP contribution in [0.4, 0.5) is 5.82 Å². The summed E-state index contributed by atoms with van der Waals surface area (Å²) in [5.41, 5.74) is 0.981. The van der Waals surface area contributed by atoms with Crippen LogP contribution in [0.5, 0.6) is 0 Å². The summed E-state index contributed by atoms with van der Waals surface area (Å²) < 4.78 is 1.09. The van der Waals surface area contributed by atoms with Gasteiger partial charge in [-0.05, 0) is 18.4 Å². The molecule has 0 aliphatic heterocycles. The fourth-order valence-electron chi connectivity index (χ4n) is 1.15. The Balaban J connectivity index is 2.27. The number of aromatic nitrogens is 2. The number of nitrogens with one attached hydrogen (secondary N) is 1. The lowest BCUT2D eigenvalue weighted by Gasteiger charge is -2.06. The van der Waals surface area contributed by atoms with Gasteiger partial charge in [-0.25, -0.2) is 9.97 Å². The van der Waals surface area contributed by atoms with E-state index in [1.54, 1.807) is 17.7 Å². The molecule has 5 heteroatoms. The third kappa shape index (κ3) is 1.96. The predicted octanol–water partition coefficient (Wildman–Crippen LogP) is 2.73. The van der Waals surface area contributed by atoms with Crippen LogP contribution >= 0.6 is 22.9 Å². The van der Waals surface area contributed by atoms with Gasteiger partial charge >= 0.3 is 0 Å². The Bertz CT molecular complexity index is 427. The number of alkyl halides is 1. The van der Waals surface area contributed by atoms with Gasteiger partial charge in [-0.15, -0.1) is 22.9 Å². The molecule has 74 valence electrons. The minimum Gasteiger partial charge on any atom is -0.367 e. The number of rotatable bonds is 3. The van der Waals surface area contributed by atoms with Crippen molar-refractivity contribution < 1.29 is 0 Å². The molecule has 0 bridgehead atoms. The number of hydrogen-bond donors (Lipinski definition) is 1. The van der Waals surface area contributed by atoms with E-state index >= 15 is 0 Å². The minimum atomic E-state index is 0.0972. The van der Waals surface area contributed by atoms with Crippen LogP contribution in [0.3, 0.4) is 0 Å². The van der Waals surface area contributed by atoms with Crippen molar-refractivity contribution in [2.45, 2.75) is 12.3 Å². The fraction of sp³-hybridized carbons (Fsp3) is 0.333. The molecule has 1 N–H and O–H groups in total. The minimum absolute atomic E-state index is 0.0972. The molecule has 0 saturated heterocycles. The summed E-state index contributed by atoms with van der Waals surface area (Å²) in [6, 6.07) is 1.98. The highest BCUT2D eigenvalue weighted by molar-refractivity contribution is 7.17. The van der Waals surface area contributed by atoms with Gasteiger partial charge in [0.25, 0.3) is 0 Å². The standard InChI is InChI=1S/C9H10ClN3S/c1-6(10)4-11-9-8-7(2-3-14-8)12-5-13-9/h2-3,5-6H,4H2,1H3,(H,11,12,13). The monoisotopic (exact) mass is 227 g/mol. The lowest BCUT2D eigenvalue weighted by molar-refractivity contribution is 0.979. The summed E-state index contributed by atoms with van der Waals surface area (Å²) in [5, 5.41) is 5.31. The molecule has 14 heavy (non-hydrogen) atoms. The van der Waals surface area contributed by atoms with Crippen LogP contribution in [-0.4, -0.2) is 21.9 Å². The van der Waals surface area contributed by atoms with Crippen LogP contribution in [-0.2, 0) is 0 Å². The molecule has 0 aromatic carbocycles. The van der Waals surface area contributed by atoms with Crippen LogP contribution < -0.4 is 5.32 Å². The van der Waals surface area contributed by atoms with E-state index < -0.39 is 0 Å². The number of fused-ring (bicyclic) bond motifs is 1. The van der Waals surface area contributed by atoms with Crippen molar-refractivity contribution in [2.75, 3.05) is 11.9 Å². The van der Waals surface area contributed by atoms with E-state index in [0.717, 1.165) is 16.0 Å². The van der Waals surface area contributed by atoms with E-state index in [2.05, 4.69) is 15.3 Å².